The normalized spacial score (nSPS) is 12.7. The quantitative estimate of drug-likeness (QED) is 0.338. The zero-order chi connectivity index (χ0) is 23.5. The molecule has 1 atom stereocenters. The summed E-state index contributed by atoms with van der Waals surface area (Å²) in [6.45, 7) is 8.29. The zero-order valence-electron chi connectivity index (χ0n) is 18.9. The van der Waals surface area contributed by atoms with Crippen molar-refractivity contribution in [2.75, 3.05) is 12.4 Å². The van der Waals surface area contributed by atoms with E-state index < -0.39 is 11.5 Å². The van der Waals surface area contributed by atoms with Crippen LogP contribution in [0.3, 0.4) is 0 Å². The van der Waals surface area contributed by atoms with E-state index in [-0.39, 0.29) is 17.3 Å². The Kier molecular flexibility index (Phi) is 7.78. The highest BCUT2D eigenvalue weighted by molar-refractivity contribution is 9.10. The van der Waals surface area contributed by atoms with Crippen molar-refractivity contribution < 1.29 is 4.79 Å². The minimum Gasteiger partial charge on any atom is -0.332 e. The number of hydrogen-bond donors (Lipinski definition) is 0. The van der Waals surface area contributed by atoms with Crippen molar-refractivity contribution in [1.82, 2.24) is 14.5 Å². The predicted molar refractivity (Wildman–Crippen MR) is 135 cm³/mol. The van der Waals surface area contributed by atoms with Gasteiger partial charge in [0, 0.05) is 16.9 Å². The third-order valence-corrected chi connectivity index (χ3v) is 6.85. The van der Waals surface area contributed by atoms with Crippen molar-refractivity contribution in [1.29, 1.82) is 0 Å². The summed E-state index contributed by atoms with van der Waals surface area (Å²) in [5, 5.41) is 0.541. The third-order valence-electron chi connectivity index (χ3n) is 5.65. The number of fused-ring (bicyclic) bond motifs is 1. The largest absolute Gasteiger partial charge is 0.332 e. The van der Waals surface area contributed by atoms with Crippen LogP contribution in [0.15, 0.2) is 57.8 Å². The average molecular weight is 519 g/mol. The van der Waals surface area contributed by atoms with E-state index in [0.29, 0.717) is 29.0 Å². The molecule has 0 aliphatic carbocycles. The fourth-order valence-corrected chi connectivity index (χ4v) is 4.03. The Bertz CT molecular complexity index is 1160. The van der Waals surface area contributed by atoms with Crippen molar-refractivity contribution in [3.8, 4) is 5.69 Å². The molecular formula is C25H29BrClN3O2. The average Bonchev–Trinajstić information content (AvgIpc) is 2.79. The zero-order valence-corrected chi connectivity index (χ0v) is 21.3. The number of halogens is 2. The number of nitrogens with zero attached hydrogens (tertiary/aromatic N) is 3. The summed E-state index contributed by atoms with van der Waals surface area (Å²) in [6.07, 6.45) is 1.80. The lowest BCUT2D eigenvalue weighted by molar-refractivity contribution is -0.141. The van der Waals surface area contributed by atoms with Gasteiger partial charge in [-0.3, -0.25) is 14.2 Å². The Balaban J connectivity index is 2.24. The highest BCUT2D eigenvalue weighted by Gasteiger charge is 2.35. The summed E-state index contributed by atoms with van der Waals surface area (Å²) in [5.41, 5.74) is 0.452. The maximum Gasteiger partial charge on any atom is 0.266 e. The van der Waals surface area contributed by atoms with Gasteiger partial charge in [-0.15, -0.1) is 11.6 Å². The lowest BCUT2D eigenvalue weighted by Crippen LogP contribution is -2.45. The van der Waals surface area contributed by atoms with E-state index in [0.717, 1.165) is 17.3 Å². The Morgan fingerprint density at radius 2 is 1.84 bits per heavy atom. The summed E-state index contributed by atoms with van der Waals surface area (Å²) in [4.78, 5) is 33.8. The Morgan fingerprint density at radius 3 is 2.47 bits per heavy atom. The Labute approximate surface area is 202 Å². The van der Waals surface area contributed by atoms with Gasteiger partial charge in [-0.1, -0.05) is 41.4 Å². The number of rotatable bonds is 8. The van der Waals surface area contributed by atoms with Crippen LogP contribution in [-0.4, -0.2) is 32.8 Å². The van der Waals surface area contributed by atoms with Crippen LogP contribution in [-0.2, 0) is 4.79 Å². The van der Waals surface area contributed by atoms with Gasteiger partial charge < -0.3 is 4.90 Å². The van der Waals surface area contributed by atoms with E-state index in [1.54, 1.807) is 10.6 Å². The molecule has 3 rings (SSSR count). The highest BCUT2D eigenvalue weighted by atomic mass is 79.9. The number of carbonyl (C=O) groups excluding carboxylic acids is 1. The standard InChI is InChI=1S/C25H29BrClN3O2/c1-5-6-15-29(24(32)25(3,4)16-27)17(2)22-28-21-10-8-7-9-20(21)23(31)30(22)19-13-11-18(26)12-14-19/h7-14,17H,5-6,15-16H2,1-4H3. The first-order chi connectivity index (χ1) is 15.2. The number of alkyl halides is 1. The molecule has 1 heterocycles. The molecule has 0 radical (unpaired) electrons. The number of para-hydroxylation sites is 1. The monoisotopic (exact) mass is 517 g/mol. The van der Waals surface area contributed by atoms with Gasteiger partial charge in [0.25, 0.3) is 5.56 Å². The van der Waals surface area contributed by atoms with Crippen molar-refractivity contribution in [2.24, 2.45) is 5.41 Å². The summed E-state index contributed by atoms with van der Waals surface area (Å²) < 4.78 is 2.54. The number of unbranched alkanes of at least 4 members (excludes halogenated alkanes) is 1. The minimum absolute atomic E-state index is 0.0433. The van der Waals surface area contributed by atoms with E-state index in [1.165, 1.54) is 0 Å². The molecule has 0 aliphatic heterocycles. The van der Waals surface area contributed by atoms with Crippen LogP contribution < -0.4 is 5.56 Å². The van der Waals surface area contributed by atoms with Crippen LogP contribution in [0.4, 0.5) is 0 Å². The SMILES string of the molecule is CCCCN(C(=O)C(C)(C)CCl)C(C)c1nc2ccccc2c(=O)n1-c1ccc(Br)cc1. The molecule has 0 aliphatic rings. The molecule has 0 fully saturated rings. The van der Waals surface area contributed by atoms with Crippen molar-refractivity contribution in [2.45, 2.75) is 46.6 Å². The fraction of sp³-hybridized carbons (Fsp3) is 0.400. The topological polar surface area (TPSA) is 55.2 Å². The molecule has 0 saturated heterocycles. The first-order valence-electron chi connectivity index (χ1n) is 10.9. The molecule has 3 aromatic rings. The van der Waals surface area contributed by atoms with Crippen LogP contribution in [0.25, 0.3) is 16.6 Å². The first kappa shape index (κ1) is 24.5. The van der Waals surface area contributed by atoms with Gasteiger partial charge in [0.2, 0.25) is 5.91 Å². The maximum absolute atomic E-state index is 13.6. The predicted octanol–water partition coefficient (Wildman–Crippen LogP) is 6.10. The van der Waals surface area contributed by atoms with E-state index in [4.69, 9.17) is 16.6 Å². The lowest BCUT2D eigenvalue weighted by Gasteiger charge is -2.35. The molecule has 0 N–H and O–H groups in total. The molecule has 170 valence electrons. The fourth-order valence-electron chi connectivity index (χ4n) is 3.65. The number of carbonyl (C=O) groups is 1. The molecule has 1 aromatic heterocycles. The summed E-state index contributed by atoms with van der Waals surface area (Å²) in [7, 11) is 0. The molecule has 0 saturated carbocycles. The molecule has 2 aromatic carbocycles. The van der Waals surface area contributed by atoms with Crippen LogP contribution in [0.1, 0.15) is 52.4 Å². The molecule has 32 heavy (non-hydrogen) atoms. The van der Waals surface area contributed by atoms with Crippen LogP contribution in [0.5, 0.6) is 0 Å². The molecule has 0 spiro atoms. The summed E-state index contributed by atoms with van der Waals surface area (Å²) in [5.74, 6) is 0.704. The molecule has 5 nitrogen and oxygen atoms in total. The number of hydrogen-bond acceptors (Lipinski definition) is 3. The highest BCUT2D eigenvalue weighted by Crippen LogP contribution is 2.29. The second-order valence-corrected chi connectivity index (χ2v) is 9.83. The number of amides is 1. The first-order valence-corrected chi connectivity index (χ1v) is 12.2. The van der Waals surface area contributed by atoms with Crippen LogP contribution in [0, 0.1) is 5.41 Å². The van der Waals surface area contributed by atoms with Gasteiger partial charge in [0.05, 0.1) is 28.0 Å². The van der Waals surface area contributed by atoms with E-state index in [2.05, 4.69) is 22.9 Å². The summed E-state index contributed by atoms with van der Waals surface area (Å²) >= 11 is 9.60. The van der Waals surface area contributed by atoms with Crippen molar-refractivity contribution in [3.63, 3.8) is 0 Å². The minimum atomic E-state index is -0.719. The van der Waals surface area contributed by atoms with E-state index in [9.17, 15) is 9.59 Å². The van der Waals surface area contributed by atoms with Crippen molar-refractivity contribution >= 4 is 44.3 Å². The second-order valence-electron chi connectivity index (χ2n) is 8.65. The molecular weight excluding hydrogens is 490 g/mol. The Morgan fingerprint density at radius 1 is 1.19 bits per heavy atom. The smallest absolute Gasteiger partial charge is 0.266 e. The van der Waals surface area contributed by atoms with E-state index in [1.807, 2.05) is 68.1 Å². The molecule has 1 amide bonds. The summed E-state index contributed by atoms with van der Waals surface area (Å²) in [6, 6.07) is 14.4. The molecule has 1 unspecified atom stereocenters. The van der Waals surface area contributed by atoms with Gasteiger partial charge in [-0.05, 0) is 63.6 Å². The van der Waals surface area contributed by atoms with Crippen molar-refractivity contribution in [3.05, 3.63) is 69.2 Å². The van der Waals surface area contributed by atoms with E-state index >= 15 is 0 Å². The van der Waals surface area contributed by atoms with Gasteiger partial charge >= 0.3 is 0 Å². The number of aromatic nitrogens is 2. The molecule has 7 heteroatoms. The van der Waals surface area contributed by atoms with Gasteiger partial charge in [0.1, 0.15) is 5.82 Å². The van der Waals surface area contributed by atoms with Gasteiger partial charge in [0.15, 0.2) is 0 Å². The lowest BCUT2D eigenvalue weighted by atomic mass is 9.93. The Hall–Kier alpha value is -2.18. The third kappa shape index (κ3) is 4.91. The van der Waals surface area contributed by atoms with Crippen LogP contribution >= 0.6 is 27.5 Å². The second kappa shape index (κ2) is 10.2. The van der Waals surface area contributed by atoms with Gasteiger partial charge in [-0.2, -0.15) is 0 Å². The van der Waals surface area contributed by atoms with Gasteiger partial charge in [-0.25, -0.2) is 4.98 Å². The van der Waals surface area contributed by atoms with Crippen LogP contribution in [0.2, 0.25) is 0 Å². The maximum atomic E-state index is 13.6. The number of benzene rings is 2. The molecule has 0 bridgehead atoms.